The predicted molar refractivity (Wildman–Crippen MR) is 64.9 cm³/mol. The predicted octanol–water partition coefficient (Wildman–Crippen LogP) is 4.20. The van der Waals surface area contributed by atoms with Gasteiger partial charge < -0.3 is 4.74 Å². The molecule has 0 bridgehead atoms. The molecule has 1 atom stereocenters. The average molecular weight is 206 g/mol. The smallest absolute Gasteiger partial charge is 0.0822 e. The maximum atomic E-state index is 5.94. The minimum atomic E-state index is 0.238. The van der Waals surface area contributed by atoms with Gasteiger partial charge in [0.2, 0.25) is 0 Å². The maximum absolute atomic E-state index is 5.94. The SMILES string of the molecule is CCC(OCC(C)(C)C)c1ccccc1. The van der Waals surface area contributed by atoms with Crippen LogP contribution in [0, 0.1) is 5.41 Å². The van der Waals surface area contributed by atoms with E-state index in [4.69, 9.17) is 4.74 Å². The van der Waals surface area contributed by atoms with Crippen molar-refractivity contribution < 1.29 is 4.74 Å². The fraction of sp³-hybridized carbons (Fsp3) is 0.571. The Morgan fingerprint density at radius 3 is 2.20 bits per heavy atom. The summed E-state index contributed by atoms with van der Waals surface area (Å²) in [7, 11) is 0. The summed E-state index contributed by atoms with van der Waals surface area (Å²) in [6, 6.07) is 10.4. The van der Waals surface area contributed by atoms with Gasteiger partial charge in [0.15, 0.2) is 0 Å². The van der Waals surface area contributed by atoms with E-state index in [2.05, 4.69) is 52.0 Å². The second-order valence-electron chi connectivity index (χ2n) is 5.18. The van der Waals surface area contributed by atoms with Crippen LogP contribution in [0.15, 0.2) is 30.3 Å². The van der Waals surface area contributed by atoms with Crippen LogP contribution < -0.4 is 0 Å². The van der Waals surface area contributed by atoms with Crippen molar-refractivity contribution in [2.45, 2.75) is 40.2 Å². The summed E-state index contributed by atoms with van der Waals surface area (Å²) in [5, 5.41) is 0. The zero-order valence-electron chi connectivity index (χ0n) is 10.3. The van der Waals surface area contributed by atoms with Crippen molar-refractivity contribution in [2.24, 2.45) is 5.41 Å². The van der Waals surface area contributed by atoms with Crippen LogP contribution in [0.5, 0.6) is 0 Å². The molecule has 1 aromatic carbocycles. The van der Waals surface area contributed by atoms with E-state index in [0.717, 1.165) is 13.0 Å². The quantitative estimate of drug-likeness (QED) is 0.717. The van der Waals surface area contributed by atoms with Gasteiger partial charge in [-0.3, -0.25) is 0 Å². The summed E-state index contributed by atoms with van der Waals surface area (Å²) in [5.74, 6) is 0. The van der Waals surface area contributed by atoms with Crippen LogP contribution in [0.2, 0.25) is 0 Å². The third kappa shape index (κ3) is 4.48. The summed E-state index contributed by atoms with van der Waals surface area (Å²) in [6.07, 6.45) is 1.27. The van der Waals surface area contributed by atoms with Crippen LogP contribution in [0.1, 0.15) is 45.8 Å². The highest BCUT2D eigenvalue weighted by Gasteiger charge is 2.15. The molecule has 0 fully saturated rings. The topological polar surface area (TPSA) is 9.23 Å². The first-order chi connectivity index (χ1) is 7.03. The van der Waals surface area contributed by atoms with E-state index >= 15 is 0 Å². The zero-order valence-corrected chi connectivity index (χ0v) is 10.3. The van der Waals surface area contributed by atoms with Gasteiger partial charge in [0.05, 0.1) is 12.7 Å². The van der Waals surface area contributed by atoms with Crippen LogP contribution in [0.3, 0.4) is 0 Å². The molecule has 0 saturated heterocycles. The highest BCUT2D eigenvalue weighted by Crippen LogP contribution is 2.24. The third-order valence-electron chi connectivity index (χ3n) is 2.26. The molecule has 0 aliphatic rings. The van der Waals surface area contributed by atoms with Gasteiger partial charge in [0, 0.05) is 0 Å². The van der Waals surface area contributed by atoms with Gasteiger partial charge >= 0.3 is 0 Å². The highest BCUT2D eigenvalue weighted by atomic mass is 16.5. The van der Waals surface area contributed by atoms with E-state index in [9.17, 15) is 0 Å². The van der Waals surface area contributed by atoms with Crippen molar-refractivity contribution in [3.05, 3.63) is 35.9 Å². The van der Waals surface area contributed by atoms with E-state index in [1.165, 1.54) is 5.56 Å². The van der Waals surface area contributed by atoms with Gasteiger partial charge in [-0.25, -0.2) is 0 Å². The molecular weight excluding hydrogens is 184 g/mol. The van der Waals surface area contributed by atoms with E-state index in [0.29, 0.717) is 0 Å². The molecule has 0 spiro atoms. The van der Waals surface area contributed by atoms with Crippen LogP contribution in [-0.4, -0.2) is 6.61 Å². The molecule has 0 heterocycles. The Bertz CT molecular complexity index is 271. The third-order valence-corrected chi connectivity index (χ3v) is 2.26. The number of rotatable bonds is 4. The normalized spacial score (nSPS) is 13.9. The van der Waals surface area contributed by atoms with Crippen molar-refractivity contribution in [1.82, 2.24) is 0 Å². The summed E-state index contributed by atoms with van der Waals surface area (Å²) < 4.78 is 5.94. The molecule has 0 radical (unpaired) electrons. The lowest BCUT2D eigenvalue weighted by atomic mass is 9.98. The van der Waals surface area contributed by atoms with Crippen LogP contribution in [0.25, 0.3) is 0 Å². The largest absolute Gasteiger partial charge is 0.373 e. The Labute approximate surface area is 93.5 Å². The molecule has 15 heavy (non-hydrogen) atoms. The van der Waals surface area contributed by atoms with Crippen molar-refractivity contribution in [1.29, 1.82) is 0 Å². The van der Waals surface area contributed by atoms with Gasteiger partial charge in [-0.2, -0.15) is 0 Å². The highest BCUT2D eigenvalue weighted by molar-refractivity contribution is 5.17. The molecule has 1 aromatic rings. The summed E-state index contributed by atoms with van der Waals surface area (Å²) >= 11 is 0. The minimum absolute atomic E-state index is 0.238. The van der Waals surface area contributed by atoms with E-state index < -0.39 is 0 Å². The second-order valence-corrected chi connectivity index (χ2v) is 5.18. The lowest BCUT2D eigenvalue weighted by Crippen LogP contribution is -2.17. The number of hydrogen-bond acceptors (Lipinski definition) is 1. The first-order valence-electron chi connectivity index (χ1n) is 5.69. The Morgan fingerprint density at radius 1 is 1.13 bits per heavy atom. The second kappa shape index (κ2) is 5.32. The zero-order chi connectivity index (χ0) is 11.3. The Morgan fingerprint density at radius 2 is 1.73 bits per heavy atom. The van der Waals surface area contributed by atoms with Crippen molar-refractivity contribution in [3.8, 4) is 0 Å². The molecule has 1 heteroatoms. The van der Waals surface area contributed by atoms with E-state index in [1.807, 2.05) is 6.07 Å². The van der Waals surface area contributed by atoms with Gasteiger partial charge in [-0.1, -0.05) is 58.0 Å². The molecular formula is C14H22O. The molecule has 1 rings (SSSR count). The standard InChI is InChI=1S/C14H22O/c1-5-13(15-11-14(2,3)4)12-9-7-6-8-10-12/h6-10,13H,5,11H2,1-4H3. The number of benzene rings is 1. The van der Waals surface area contributed by atoms with Gasteiger partial charge in [0.1, 0.15) is 0 Å². The molecule has 84 valence electrons. The van der Waals surface area contributed by atoms with Gasteiger partial charge in [-0.05, 0) is 17.4 Å². The lowest BCUT2D eigenvalue weighted by Gasteiger charge is -2.23. The average Bonchev–Trinajstić information content (AvgIpc) is 2.19. The summed E-state index contributed by atoms with van der Waals surface area (Å²) in [5.41, 5.74) is 1.52. The van der Waals surface area contributed by atoms with Crippen molar-refractivity contribution in [3.63, 3.8) is 0 Å². The monoisotopic (exact) mass is 206 g/mol. The fourth-order valence-electron chi connectivity index (χ4n) is 1.47. The summed E-state index contributed by atoms with van der Waals surface area (Å²) in [4.78, 5) is 0. The molecule has 1 nitrogen and oxygen atoms in total. The molecule has 0 aliphatic carbocycles. The molecule has 0 aliphatic heterocycles. The first kappa shape index (κ1) is 12.3. The minimum Gasteiger partial charge on any atom is -0.373 e. The van der Waals surface area contributed by atoms with Crippen LogP contribution >= 0.6 is 0 Å². The lowest BCUT2D eigenvalue weighted by molar-refractivity contribution is 0.00553. The van der Waals surface area contributed by atoms with Gasteiger partial charge in [0.25, 0.3) is 0 Å². The van der Waals surface area contributed by atoms with E-state index in [1.54, 1.807) is 0 Å². The Balaban J connectivity index is 2.58. The van der Waals surface area contributed by atoms with Crippen LogP contribution in [-0.2, 0) is 4.74 Å². The van der Waals surface area contributed by atoms with Crippen molar-refractivity contribution in [2.75, 3.05) is 6.61 Å². The van der Waals surface area contributed by atoms with Gasteiger partial charge in [-0.15, -0.1) is 0 Å². The molecule has 0 saturated carbocycles. The van der Waals surface area contributed by atoms with Crippen molar-refractivity contribution >= 4 is 0 Å². The fourth-order valence-corrected chi connectivity index (χ4v) is 1.47. The molecule has 0 amide bonds. The van der Waals surface area contributed by atoms with E-state index in [-0.39, 0.29) is 11.5 Å². The molecule has 0 aromatic heterocycles. The summed E-state index contributed by atoms with van der Waals surface area (Å²) in [6.45, 7) is 9.57. The first-order valence-corrected chi connectivity index (χ1v) is 5.69. The molecule has 0 N–H and O–H groups in total. The number of hydrogen-bond donors (Lipinski definition) is 0. The maximum Gasteiger partial charge on any atom is 0.0822 e. The number of ether oxygens (including phenoxy) is 1. The Hall–Kier alpha value is -0.820. The molecule has 1 unspecified atom stereocenters. The van der Waals surface area contributed by atoms with Crippen LogP contribution in [0.4, 0.5) is 0 Å². The Kier molecular flexibility index (Phi) is 4.34.